The molecule has 174 valence electrons. The molecule has 0 saturated carbocycles. The third-order valence-corrected chi connectivity index (χ3v) is 7.11. The number of hydrogen-bond donors (Lipinski definition) is 0. The number of carbonyl (C=O) groups is 2. The number of esters is 1. The van der Waals surface area contributed by atoms with Crippen molar-refractivity contribution in [3.8, 4) is 5.75 Å². The minimum atomic E-state index is -0.418. The van der Waals surface area contributed by atoms with Crippen LogP contribution in [0.25, 0.3) is 0 Å². The third kappa shape index (κ3) is 4.67. The Bertz CT molecular complexity index is 1220. The number of hydrogen-bond acceptors (Lipinski definition) is 6. The summed E-state index contributed by atoms with van der Waals surface area (Å²) in [6.07, 6.45) is 1.84. The average Bonchev–Trinajstić information content (AvgIpc) is 3.36. The lowest BCUT2D eigenvalue weighted by Crippen LogP contribution is -2.30. The van der Waals surface area contributed by atoms with E-state index in [2.05, 4.69) is 0 Å². The number of rotatable bonds is 6. The van der Waals surface area contributed by atoms with E-state index in [1.54, 1.807) is 24.1 Å². The molecule has 0 N–H and O–H groups in total. The first-order valence-electron chi connectivity index (χ1n) is 11.3. The molecule has 7 heteroatoms. The van der Waals surface area contributed by atoms with Crippen molar-refractivity contribution in [3.63, 3.8) is 0 Å². The Morgan fingerprint density at radius 1 is 1.09 bits per heavy atom. The highest BCUT2D eigenvalue weighted by atomic mass is 32.2. The van der Waals surface area contributed by atoms with E-state index < -0.39 is 5.97 Å². The van der Waals surface area contributed by atoms with Crippen molar-refractivity contribution in [1.29, 1.82) is 0 Å². The third-order valence-electron chi connectivity index (χ3n) is 5.97. The number of methoxy groups -OCH3 is 1. The topological polar surface area (TPSA) is 65.1 Å². The van der Waals surface area contributed by atoms with Crippen molar-refractivity contribution in [2.24, 2.45) is 0 Å². The minimum absolute atomic E-state index is 0.0408. The molecule has 0 aromatic heterocycles. The summed E-state index contributed by atoms with van der Waals surface area (Å²) in [4.78, 5) is 30.0. The zero-order chi connectivity index (χ0) is 23.5. The normalized spacial score (nSPS) is 17.0. The maximum absolute atomic E-state index is 13.7. The molecule has 0 aliphatic carbocycles. The predicted octanol–water partition coefficient (Wildman–Crippen LogP) is 5.34. The number of carbonyl (C=O) groups excluding carboxylic acids is 2. The first kappa shape index (κ1) is 22.5. The predicted molar refractivity (Wildman–Crippen MR) is 130 cm³/mol. The molecule has 0 unspecified atom stereocenters. The van der Waals surface area contributed by atoms with E-state index in [0.29, 0.717) is 30.0 Å². The van der Waals surface area contributed by atoms with Crippen LogP contribution in [0.2, 0.25) is 0 Å². The quantitative estimate of drug-likeness (QED) is 0.448. The summed E-state index contributed by atoms with van der Waals surface area (Å²) in [5.74, 6) is 0.189. The van der Waals surface area contributed by atoms with Gasteiger partial charge < -0.3 is 19.1 Å². The Hall–Kier alpha value is -3.29. The molecule has 0 bridgehead atoms. The van der Waals surface area contributed by atoms with Crippen LogP contribution in [0.5, 0.6) is 5.75 Å². The van der Waals surface area contributed by atoms with Crippen LogP contribution in [0.1, 0.15) is 39.1 Å². The van der Waals surface area contributed by atoms with E-state index in [4.69, 9.17) is 14.2 Å². The van der Waals surface area contributed by atoms with Crippen molar-refractivity contribution in [2.45, 2.75) is 35.3 Å². The largest absolute Gasteiger partial charge is 0.497 e. The van der Waals surface area contributed by atoms with E-state index >= 15 is 0 Å². The summed E-state index contributed by atoms with van der Waals surface area (Å²) >= 11 is 1.52. The second kappa shape index (κ2) is 9.91. The van der Waals surface area contributed by atoms with Crippen LogP contribution < -0.4 is 9.64 Å². The van der Waals surface area contributed by atoms with Gasteiger partial charge in [-0.15, -0.1) is 0 Å². The number of ether oxygens (including phenoxy) is 3. The van der Waals surface area contributed by atoms with Gasteiger partial charge in [0.25, 0.3) is 5.91 Å². The summed E-state index contributed by atoms with van der Waals surface area (Å²) in [5, 5.41) is 0. The Labute approximate surface area is 202 Å². The molecule has 1 amide bonds. The highest BCUT2D eigenvalue weighted by Crippen LogP contribution is 2.42. The maximum Gasteiger partial charge on any atom is 0.338 e. The van der Waals surface area contributed by atoms with Gasteiger partial charge in [0.2, 0.25) is 0 Å². The van der Waals surface area contributed by atoms with Gasteiger partial charge >= 0.3 is 5.97 Å². The first-order chi connectivity index (χ1) is 16.6. The molecule has 1 fully saturated rings. The van der Waals surface area contributed by atoms with Crippen molar-refractivity contribution in [3.05, 3.63) is 83.4 Å². The van der Waals surface area contributed by atoms with Gasteiger partial charge in [-0.2, -0.15) is 0 Å². The van der Waals surface area contributed by atoms with Gasteiger partial charge in [-0.05, 0) is 60.9 Å². The molecule has 0 radical (unpaired) electrons. The van der Waals surface area contributed by atoms with Gasteiger partial charge in [0.15, 0.2) is 0 Å². The lowest BCUT2D eigenvalue weighted by molar-refractivity contribution is 0.0161. The average molecular weight is 476 g/mol. The second-order valence-electron chi connectivity index (χ2n) is 8.26. The lowest BCUT2D eigenvalue weighted by Gasteiger charge is -2.24. The Balaban J connectivity index is 1.49. The summed E-state index contributed by atoms with van der Waals surface area (Å²) in [7, 11) is 1.62. The van der Waals surface area contributed by atoms with Crippen molar-refractivity contribution < 1.29 is 23.8 Å². The monoisotopic (exact) mass is 475 g/mol. The van der Waals surface area contributed by atoms with Gasteiger partial charge in [-0.25, -0.2) is 4.79 Å². The SMILES string of the molecule is COc1cccc(CN2C(=O)c3ccccc3Sc3ccc(C(=O)OC[C@@H]4CCCO4)cc32)c1. The summed E-state index contributed by atoms with van der Waals surface area (Å²) in [6, 6.07) is 20.6. The molecular formula is C27H25NO5S. The maximum atomic E-state index is 13.7. The molecule has 6 nitrogen and oxygen atoms in total. The number of benzene rings is 3. The van der Waals surface area contributed by atoms with Crippen LogP contribution in [-0.4, -0.2) is 38.3 Å². The Morgan fingerprint density at radius 3 is 2.79 bits per heavy atom. The zero-order valence-electron chi connectivity index (χ0n) is 18.9. The van der Waals surface area contributed by atoms with Gasteiger partial charge in [0, 0.05) is 16.4 Å². The van der Waals surface area contributed by atoms with Gasteiger partial charge in [-0.1, -0.05) is 36.0 Å². The fraction of sp³-hybridized carbons (Fsp3) is 0.259. The van der Waals surface area contributed by atoms with Gasteiger partial charge in [0.05, 0.1) is 36.6 Å². The van der Waals surface area contributed by atoms with E-state index in [1.165, 1.54) is 11.8 Å². The van der Waals surface area contributed by atoms with Crippen LogP contribution in [0, 0.1) is 0 Å². The lowest BCUT2D eigenvalue weighted by atomic mass is 10.1. The number of anilines is 1. The van der Waals surface area contributed by atoms with Crippen molar-refractivity contribution in [2.75, 3.05) is 25.2 Å². The summed E-state index contributed by atoms with van der Waals surface area (Å²) < 4.78 is 16.4. The molecule has 1 atom stereocenters. The number of fused-ring (bicyclic) bond motifs is 2. The van der Waals surface area contributed by atoms with Crippen molar-refractivity contribution >= 4 is 29.3 Å². The zero-order valence-corrected chi connectivity index (χ0v) is 19.7. The fourth-order valence-electron chi connectivity index (χ4n) is 4.19. The van der Waals surface area contributed by atoms with E-state index in [-0.39, 0.29) is 18.6 Å². The Morgan fingerprint density at radius 2 is 1.97 bits per heavy atom. The Kier molecular flexibility index (Phi) is 6.56. The minimum Gasteiger partial charge on any atom is -0.497 e. The van der Waals surface area contributed by atoms with E-state index in [1.807, 2.05) is 54.6 Å². The van der Waals surface area contributed by atoms with Crippen LogP contribution in [-0.2, 0) is 16.0 Å². The molecule has 3 aromatic rings. The standard InChI is InChI=1S/C27H25NO5S/c1-31-20-7-4-6-18(14-20)16-28-23-15-19(27(30)33-17-21-8-5-13-32-21)11-12-25(23)34-24-10-3-2-9-22(24)26(28)29/h2-4,6-7,9-12,14-15,21H,5,8,13,16-17H2,1H3/t21-/m0/s1. The first-order valence-corrected chi connectivity index (χ1v) is 12.1. The fourth-order valence-corrected chi connectivity index (χ4v) is 5.24. The summed E-state index contributed by atoms with van der Waals surface area (Å²) in [6.45, 7) is 1.29. The van der Waals surface area contributed by atoms with Crippen LogP contribution in [0.15, 0.2) is 76.5 Å². The van der Waals surface area contributed by atoms with E-state index in [0.717, 1.165) is 33.9 Å². The molecular weight excluding hydrogens is 450 g/mol. The van der Waals surface area contributed by atoms with Gasteiger partial charge in [0.1, 0.15) is 12.4 Å². The molecule has 2 aliphatic rings. The number of nitrogens with zero attached hydrogens (tertiary/aromatic N) is 1. The number of amides is 1. The van der Waals surface area contributed by atoms with Crippen molar-refractivity contribution in [1.82, 2.24) is 0 Å². The van der Waals surface area contributed by atoms with Gasteiger partial charge in [-0.3, -0.25) is 4.79 Å². The highest BCUT2D eigenvalue weighted by molar-refractivity contribution is 7.99. The smallest absolute Gasteiger partial charge is 0.338 e. The molecule has 2 aliphatic heterocycles. The van der Waals surface area contributed by atoms with Crippen LogP contribution >= 0.6 is 11.8 Å². The van der Waals surface area contributed by atoms with Crippen LogP contribution in [0.3, 0.4) is 0 Å². The molecule has 34 heavy (non-hydrogen) atoms. The molecule has 2 heterocycles. The van der Waals surface area contributed by atoms with E-state index in [9.17, 15) is 9.59 Å². The highest BCUT2D eigenvalue weighted by Gasteiger charge is 2.29. The summed E-state index contributed by atoms with van der Waals surface area (Å²) in [5.41, 5.74) is 2.65. The second-order valence-corrected chi connectivity index (χ2v) is 9.34. The van der Waals surface area contributed by atoms with Crippen LogP contribution in [0.4, 0.5) is 5.69 Å². The molecule has 3 aromatic carbocycles. The molecule has 5 rings (SSSR count). The molecule has 0 spiro atoms. The molecule has 1 saturated heterocycles.